The predicted molar refractivity (Wildman–Crippen MR) is 167 cm³/mol. The van der Waals surface area contributed by atoms with E-state index < -0.39 is 36.4 Å². The number of terminal acetylenes is 1. The van der Waals surface area contributed by atoms with Crippen molar-refractivity contribution in [1.82, 2.24) is 15.5 Å². The van der Waals surface area contributed by atoms with Gasteiger partial charge in [0.15, 0.2) is 11.9 Å². The van der Waals surface area contributed by atoms with E-state index in [4.69, 9.17) is 53.0 Å². The summed E-state index contributed by atoms with van der Waals surface area (Å²) < 4.78 is 95.2. The third-order valence-corrected chi connectivity index (χ3v) is 5.64. The van der Waals surface area contributed by atoms with Gasteiger partial charge in [-0.05, 0) is 38.8 Å². The van der Waals surface area contributed by atoms with Crippen LogP contribution in [0.4, 0.5) is 39.5 Å². The van der Waals surface area contributed by atoms with Gasteiger partial charge >= 0.3 is 36.4 Å². The molecule has 0 aliphatic carbocycles. The molecule has 0 aliphatic rings. The Morgan fingerprint density at radius 1 is 0.680 bits per heavy atom. The average Bonchev–Trinajstić information content (AvgIpc) is 2.98. The van der Waals surface area contributed by atoms with Crippen LogP contribution in [0.15, 0.2) is 4.99 Å². The van der Waals surface area contributed by atoms with Crippen LogP contribution in [0.3, 0.4) is 0 Å². The van der Waals surface area contributed by atoms with E-state index in [1.807, 2.05) is 11.9 Å². The second-order valence-electron chi connectivity index (χ2n) is 10.0. The maximum atomic E-state index is 10.6. The molecule has 10 N–H and O–H groups in total. The molecule has 0 spiro atoms. The van der Waals surface area contributed by atoms with E-state index in [0.29, 0.717) is 12.5 Å². The Morgan fingerprint density at radius 2 is 0.980 bits per heavy atom. The molecule has 0 aromatic rings. The van der Waals surface area contributed by atoms with Gasteiger partial charge in [0.1, 0.15) is 6.54 Å². The minimum Gasteiger partial charge on any atom is -0.475 e. The number of aliphatic imine (C=N–C) groups is 1. The van der Waals surface area contributed by atoms with Gasteiger partial charge in [0, 0.05) is 20.1 Å². The first kappa shape index (κ1) is 52.6. The number of nitrogens with zero attached hydrogens (tertiary/aromatic N) is 2. The Hall–Kier alpha value is -4.16. The number of halogens is 9. The molecule has 13 nitrogen and oxygen atoms in total. The average molecular weight is 750 g/mol. The van der Waals surface area contributed by atoms with E-state index in [2.05, 4.69) is 21.5 Å². The van der Waals surface area contributed by atoms with Crippen LogP contribution in [0.25, 0.3) is 0 Å². The molecule has 50 heavy (non-hydrogen) atoms. The summed E-state index contributed by atoms with van der Waals surface area (Å²) in [6, 6.07) is 0. The van der Waals surface area contributed by atoms with Gasteiger partial charge in [0.05, 0.1) is 0 Å². The second kappa shape index (κ2) is 30.9. The SMILES string of the molecule is C#CCN=C(N)N(C)CCCCCCCCNCCCCCCCCNC(=N)N.O=C(O)C(F)(F)F.O=C(O)C(F)(F)F.O=C(O)C(F)(F)F. The molecule has 0 radical (unpaired) electrons. The summed E-state index contributed by atoms with van der Waals surface area (Å²) >= 11 is 0. The number of nitrogens with two attached hydrogens (primary N) is 2. The molecule has 0 atom stereocenters. The molecule has 0 unspecified atom stereocenters. The predicted octanol–water partition coefficient (Wildman–Crippen LogP) is 4.52. The summed E-state index contributed by atoms with van der Waals surface area (Å²) in [6.07, 6.45) is 4.98. The van der Waals surface area contributed by atoms with Crippen LogP contribution in [0.2, 0.25) is 0 Å². The number of hydrogen-bond acceptors (Lipinski definition) is 6. The molecule has 0 amide bonds. The molecule has 0 rings (SSSR count). The van der Waals surface area contributed by atoms with Crippen molar-refractivity contribution in [2.24, 2.45) is 16.5 Å². The number of unbranched alkanes of at least 4 members (excludes halogenated alkanes) is 10. The standard InChI is InChI=1S/C22H45N7.3C2HF3O2/c1-3-16-28-22(25)29(2)20-15-11-7-6-9-13-18-26-17-12-8-4-5-10-14-19-27-21(23)24;3*3-2(4,5)1(6)7/h1,26H,4-20H2,2H3,(H2,25,28)(H4,23,24,27);3*(H,6,7). The van der Waals surface area contributed by atoms with Crippen LogP contribution in [-0.2, 0) is 14.4 Å². The van der Waals surface area contributed by atoms with Crippen molar-refractivity contribution in [3.8, 4) is 12.3 Å². The highest BCUT2D eigenvalue weighted by Gasteiger charge is 2.39. The van der Waals surface area contributed by atoms with Crippen molar-refractivity contribution in [3.63, 3.8) is 0 Å². The Bertz CT molecular complexity index is 947. The number of guanidine groups is 2. The summed E-state index contributed by atoms with van der Waals surface area (Å²) in [4.78, 5) is 32.8. The van der Waals surface area contributed by atoms with Crippen molar-refractivity contribution in [3.05, 3.63) is 0 Å². The summed E-state index contributed by atoms with van der Waals surface area (Å²) in [7, 11) is 1.97. The molecule has 294 valence electrons. The minimum absolute atomic E-state index is 0.0766. The molecule has 0 fully saturated rings. The summed E-state index contributed by atoms with van der Waals surface area (Å²) in [5.41, 5.74) is 11.1. The lowest BCUT2D eigenvalue weighted by atomic mass is 10.1. The largest absolute Gasteiger partial charge is 0.490 e. The van der Waals surface area contributed by atoms with Gasteiger partial charge in [-0.1, -0.05) is 57.3 Å². The van der Waals surface area contributed by atoms with Crippen molar-refractivity contribution in [2.45, 2.75) is 95.6 Å². The molecule has 0 aromatic carbocycles. The fraction of sp³-hybridized carbons (Fsp3) is 0.750. The monoisotopic (exact) mass is 749 g/mol. The fourth-order valence-corrected chi connectivity index (χ4v) is 3.10. The van der Waals surface area contributed by atoms with E-state index >= 15 is 0 Å². The van der Waals surface area contributed by atoms with Crippen molar-refractivity contribution in [1.29, 1.82) is 5.41 Å². The maximum Gasteiger partial charge on any atom is 0.490 e. The lowest BCUT2D eigenvalue weighted by Gasteiger charge is -2.17. The van der Waals surface area contributed by atoms with E-state index in [1.165, 1.54) is 64.2 Å². The Morgan fingerprint density at radius 3 is 1.28 bits per heavy atom. The zero-order valence-electron chi connectivity index (χ0n) is 27.6. The van der Waals surface area contributed by atoms with Crippen LogP contribution in [0.1, 0.15) is 77.0 Å². The summed E-state index contributed by atoms with van der Waals surface area (Å²) in [5.74, 6) is -5.18. The molecule has 0 aromatic heterocycles. The molecular formula is C28H48F9N7O6. The second-order valence-corrected chi connectivity index (χ2v) is 10.0. The van der Waals surface area contributed by atoms with Crippen molar-refractivity contribution < 1.29 is 69.2 Å². The minimum atomic E-state index is -5.08. The topological polar surface area (TPSA) is 227 Å². The van der Waals surface area contributed by atoms with Gasteiger partial charge in [-0.3, -0.25) is 5.41 Å². The Kier molecular flexibility index (Phi) is 32.5. The van der Waals surface area contributed by atoms with Crippen LogP contribution in [-0.4, -0.2) is 108 Å². The third-order valence-electron chi connectivity index (χ3n) is 5.64. The van der Waals surface area contributed by atoms with Crippen LogP contribution < -0.4 is 22.1 Å². The summed E-state index contributed by atoms with van der Waals surface area (Å²) in [6.45, 7) is 4.40. The number of carbonyl (C=O) groups is 3. The molecule has 0 saturated heterocycles. The van der Waals surface area contributed by atoms with Gasteiger partial charge in [0.25, 0.3) is 0 Å². The highest BCUT2D eigenvalue weighted by molar-refractivity contribution is 5.78. The van der Waals surface area contributed by atoms with Crippen LogP contribution in [0, 0.1) is 17.8 Å². The fourth-order valence-electron chi connectivity index (χ4n) is 3.10. The first-order chi connectivity index (χ1) is 22.9. The van der Waals surface area contributed by atoms with Gasteiger partial charge in [-0.15, -0.1) is 6.42 Å². The first-order valence-corrected chi connectivity index (χ1v) is 15.0. The van der Waals surface area contributed by atoms with Gasteiger partial charge in [-0.25, -0.2) is 19.4 Å². The number of nitrogens with one attached hydrogen (secondary N) is 3. The number of rotatable bonds is 19. The normalized spacial score (nSPS) is 11.3. The lowest BCUT2D eigenvalue weighted by molar-refractivity contribution is -0.193. The summed E-state index contributed by atoms with van der Waals surface area (Å²) in [5, 5.41) is 34.9. The number of carboxylic acids is 3. The van der Waals surface area contributed by atoms with E-state index in [-0.39, 0.29) is 5.96 Å². The van der Waals surface area contributed by atoms with Crippen LogP contribution in [0.5, 0.6) is 0 Å². The van der Waals surface area contributed by atoms with Crippen LogP contribution >= 0.6 is 0 Å². The smallest absolute Gasteiger partial charge is 0.475 e. The number of alkyl halides is 9. The van der Waals surface area contributed by atoms with Gasteiger partial charge in [-0.2, -0.15) is 39.5 Å². The molecule has 22 heteroatoms. The highest BCUT2D eigenvalue weighted by Crippen LogP contribution is 2.14. The number of aliphatic carboxylic acids is 3. The zero-order chi connectivity index (χ0) is 39.8. The first-order valence-electron chi connectivity index (χ1n) is 15.0. The van der Waals surface area contributed by atoms with Crippen molar-refractivity contribution >= 4 is 29.8 Å². The molecule has 0 saturated carbocycles. The highest BCUT2D eigenvalue weighted by atomic mass is 19.4. The van der Waals surface area contributed by atoms with E-state index in [1.54, 1.807) is 0 Å². The van der Waals surface area contributed by atoms with Gasteiger partial charge < -0.3 is 42.3 Å². The molecular weight excluding hydrogens is 701 g/mol. The molecule has 0 aliphatic heterocycles. The lowest BCUT2D eigenvalue weighted by Crippen LogP contribution is -2.34. The Balaban J connectivity index is -0.000000403. The number of carboxylic acid groups (broad SMARTS) is 3. The van der Waals surface area contributed by atoms with E-state index in [9.17, 15) is 39.5 Å². The third kappa shape index (κ3) is 43.8. The molecule has 0 heterocycles. The van der Waals surface area contributed by atoms with Gasteiger partial charge in [0.2, 0.25) is 0 Å². The van der Waals surface area contributed by atoms with E-state index in [0.717, 1.165) is 39.0 Å². The Labute approximate surface area is 284 Å². The molecule has 0 bridgehead atoms. The number of hydrogen-bond donors (Lipinski definition) is 8. The van der Waals surface area contributed by atoms with Crippen molar-refractivity contribution in [2.75, 3.05) is 39.8 Å². The zero-order valence-corrected chi connectivity index (χ0v) is 27.6. The quantitative estimate of drug-likeness (QED) is 0.0301. The maximum absolute atomic E-state index is 10.6.